The van der Waals surface area contributed by atoms with E-state index in [1.54, 1.807) is 0 Å². The Hall–Kier alpha value is -0.120. The Morgan fingerprint density at radius 1 is 1.06 bits per heavy atom. The molecule has 16 heavy (non-hydrogen) atoms. The molecule has 0 aromatic rings. The molecule has 0 bridgehead atoms. The second kappa shape index (κ2) is 6.58. The van der Waals surface area contributed by atoms with Crippen molar-refractivity contribution in [1.29, 1.82) is 0 Å². The fourth-order valence-electron chi connectivity index (χ4n) is 2.58. The van der Waals surface area contributed by atoms with Gasteiger partial charge in [0.1, 0.15) is 0 Å². The van der Waals surface area contributed by atoms with E-state index >= 15 is 0 Å². The van der Waals surface area contributed by atoms with Crippen molar-refractivity contribution in [1.82, 2.24) is 15.1 Å². The molecule has 96 valence electrons. The van der Waals surface area contributed by atoms with Crippen LogP contribution in [-0.4, -0.2) is 63.7 Å². The topological polar surface area (TPSA) is 18.5 Å². The summed E-state index contributed by atoms with van der Waals surface area (Å²) in [6.07, 6.45) is 3.92. The van der Waals surface area contributed by atoms with Crippen molar-refractivity contribution in [2.45, 2.75) is 26.2 Å². The molecule has 3 heteroatoms. The number of hydrogen-bond donors (Lipinski definition) is 1. The Kier molecular flexibility index (Phi) is 5.73. The molecule has 1 N–H and O–H groups in total. The molecule has 0 atom stereocenters. The Balaban J connectivity index is 2.19. The minimum absolute atomic E-state index is 0.540. The lowest BCUT2D eigenvalue weighted by Gasteiger charge is -2.37. The fourth-order valence-corrected chi connectivity index (χ4v) is 2.58. The number of piperidine rings is 1. The summed E-state index contributed by atoms with van der Waals surface area (Å²) < 4.78 is 0. The van der Waals surface area contributed by atoms with Gasteiger partial charge in [-0.2, -0.15) is 0 Å². The van der Waals surface area contributed by atoms with Crippen molar-refractivity contribution >= 4 is 0 Å². The molecule has 1 aliphatic heterocycles. The van der Waals surface area contributed by atoms with Gasteiger partial charge in [-0.05, 0) is 72.0 Å². The first-order valence-corrected chi connectivity index (χ1v) is 6.56. The van der Waals surface area contributed by atoms with E-state index in [0.717, 1.165) is 0 Å². The Labute approximate surface area is 101 Å². The maximum atomic E-state index is 3.45. The number of rotatable bonds is 6. The summed E-state index contributed by atoms with van der Waals surface area (Å²) in [6.45, 7) is 8.51. The van der Waals surface area contributed by atoms with E-state index in [4.69, 9.17) is 0 Å². The van der Waals surface area contributed by atoms with E-state index in [2.05, 4.69) is 43.2 Å². The highest BCUT2D eigenvalue weighted by Gasteiger charge is 2.27. The van der Waals surface area contributed by atoms with Crippen LogP contribution in [-0.2, 0) is 0 Å². The number of nitrogens with zero attached hydrogens (tertiary/aromatic N) is 2. The monoisotopic (exact) mass is 227 g/mol. The summed E-state index contributed by atoms with van der Waals surface area (Å²) in [4.78, 5) is 4.77. The molecular formula is C13H29N3. The third-order valence-electron chi connectivity index (χ3n) is 3.61. The average Bonchev–Trinajstić information content (AvgIpc) is 2.17. The molecule has 0 amide bonds. The molecule has 1 saturated heterocycles. The van der Waals surface area contributed by atoms with Crippen LogP contribution in [0.25, 0.3) is 0 Å². The average molecular weight is 227 g/mol. The van der Waals surface area contributed by atoms with Gasteiger partial charge in [0.05, 0.1) is 0 Å². The van der Waals surface area contributed by atoms with E-state index in [9.17, 15) is 0 Å². The molecule has 1 fully saturated rings. The third kappa shape index (κ3) is 5.28. The van der Waals surface area contributed by atoms with Crippen LogP contribution in [0.1, 0.15) is 26.2 Å². The van der Waals surface area contributed by atoms with E-state index in [0.29, 0.717) is 5.41 Å². The fraction of sp³-hybridized carbons (Fsp3) is 1.00. The lowest BCUT2D eigenvalue weighted by atomic mass is 9.80. The van der Waals surface area contributed by atoms with Gasteiger partial charge in [-0.3, -0.25) is 0 Å². The minimum Gasteiger partial charge on any atom is -0.317 e. The minimum atomic E-state index is 0.540. The summed E-state index contributed by atoms with van der Waals surface area (Å²) >= 11 is 0. The first-order chi connectivity index (χ1) is 7.52. The molecule has 0 aromatic heterocycles. The van der Waals surface area contributed by atoms with Gasteiger partial charge < -0.3 is 15.1 Å². The zero-order valence-corrected chi connectivity index (χ0v) is 11.6. The highest BCUT2D eigenvalue weighted by molar-refractivity contribution is 4.82. The third-order valence-corrected chi connectivity index (χ3v) is 3.61. The van der Waals surface area contributed by atoms with Crippen molar-refractivity contribution in [3.8, 4) is 0 Å². The zero-order chi connectivity index (χ0) is 12.0. The van der Waals surface area contributed by atoms with Gasteiger partial charge in [-0.25, -0.2) is 0 Å². The molecular weight excluding hydrogens is 198 g/mol. The molecule has 0 unspecified atom stereocenters. The molecule has 0 aliphatic carbocycles. The van der Waals surface area contributed by atoms with Crippen molar-refractivity contribution in [2.24, 2.45) is 5.41 Å². The maximum absolute atomic E-state index is 3.45. The highest BCUT2D eigenvalue weighted by atomic mass is 15.1. The van der Waals surface area contributed by atoms with Gasteiger partial charge in [-0.15, -0.1) is 0 Å². The summed E-state index contributed by atoms with van der Waals surface area (Å²) in [5, 5.41) is 3.45. The van der Waals surface area contributed by atoms with E-state index < -0.39 is 0 Å². The van der Waals surface area contributed by atoms with E-state index in [1.165, 1.54) is 52.0 Å². The molecule has 3 nitrogen and oxygen atoms in total. The number of hydrogen-bond acceptors (Lipinski definition) is 3. The lowest BCUT2D eigenvalue weighted by Crippen LogP contribution is -2.42. The normalized spacial score (nSPS) is 20.6. The molecule has 0 spiro atoms. The van der Waals surface area contributed by atoms with Crippen LogP contribution in [0.4, 0.5) is 0 Å². The quantitative estimate of drug-likeness (QED) is 0.737. The molecule has 0 aromatic carbocycles. The Morgan fingerprint density at radius 3 is 2.25 bits per heavy atom. The second-order valence-electron chi connectivity index (χ2n) is 5.96. The van der Waals surface area contributed by atoms with Crippen molar-refractivity contribution in [3.05, 3.63) is 0 Å². The van der Waals surface area contributed by atoms with Crippen LogP contribution >= 0.6 is 0 Å². The SMILES string of the molecule is CN(C)CCCN(C)CC1(C)CCNCC1. The van der Waals surface area contributed by atoms with Crippen LogP contribution in [0.15, 0.2) is 0 Å². The van der Waals surface area contributed by atoms with E-state index in [1.807, 2.05) is 0 Å². The number of nitrogens with one attached hydrogen (secondary N) is 1. The van der Waals surface area contributed by atoms with Gasteiger partial charge in [-0.1, -0.05) is 6.92 Å². The summed E-state index contributed by atoms with van der Waals surface area (Å²) in [5.74, 6) is 0. The van der Waals surface area contributed by atoms with Crippen molar-refractivity contribution in [2.75, 3.05) is 53.9 Å². The van der Waals surface area contributed by atoms with Crippen LogP contribution in [0, 0.1) is 5.41 Å². The van der Waals surface area contributed by atoms with Gasteiger partial charge >= 0.3 is 0 Å². The van der Waals surface area contributed by atoms with Crippen LogP contribution < -0.4 is 5.32 Å². The molecule has 1 rings (SSSR count). The zero-order valence-electron chi connectivity index (χ0n) is 11.6. The first kappa shape index (κ1) is 13.9. The molecule has 1 heterocycles. The Bertz CT molecular complexity index is 186. The summed E-state index contributed by atoms with van der Waals surface area (Å²) in [7, 11) is 6.56. The lowest BCUT2D eigenvalue weighted by molar-refractivity contribution is 0.144. The summed E-state index contributed by atoms with van der Waals surface area (Å²) in [5.41, 5.74) is 0.540. The van der Waals surface area contributed by atoms with Gasteiger partial charge in [0.15, 0.2) is 0 Å². The second-order valence-corrected chi connectivity index (χ2v) is 5.96. The van der Waals surface area contributed by atoms with Crippen molar-refractivity contribution in [3.63, 3.8) is 0 Å². The van der Waals surface area contributed by atoms with Gasteiger partial charge in [0, 0.05) is 6.54 Å². The Morgan fingerprint density at radius 2 is 1.69 bits per heavy atom. The van der Waals surface area contributed by atoms with Gasteiger partial charge in [0.25, 0.3) is 0 Å². The molecule has 1 aliphatic rings. The van der Waals surface area contributed by atoms with Crippen LogP contribution in [0.3, 0.4) is 0 Å². The van der Waals surface area contributed by atoms with Crippen LogP contribution in [0.2, 0.25) is 0 Å². The first-order valence-electron chi connectivity index (χ1n) is 6.56. The summed E-state index contributed by atoms with van der Waals surface area (Å²) in [6, 6.07) is 0. The molecule has 0 saturated carbocycles. The van der Waals surface area contributed by atoms with Crippen LogP contribution in [0.5, 0.6) is 0 Å². The van der Waals surface area contributed by atoms with E-state index in [-0.39, 0.29) is 0 Å². The largest absolute Gasteiger partial charge is 0.317 e. The van der Waals surface area contributed by atoms with Crippen molar-refractivity contribution < 1.29 is 0 Å². The predicted octanol–water partition coefficient (Wildman–Crippen LogP) is 1.26. The van der Waals surface area contributed by atoms with Gasteiger partial charge in [0.2, 0.25) is 0 Å². The smallest absolute Gasteiger partial charge is 0.00332 e. The highest BCUT2D eigenvalue weighted by Crippen LogP contribution is 2.28. The standard InChI is InChI=1S/C13H29N3/c1-13(6-8-14-9-7-13)12-16(4)11-5-10-15(2)3/h14H,5-12H2,1-4H3. The molecule has 0 radical (unpaired) electrons. The predicted molar refractivity (Wildman–Crippen MR) is 70.9 cm³/mol. The maximum Gasteiger partial charge on any atom is 0.00332 e.